The Morgan fingerprint density at radius 3 is 1.88 bits per heavy atom. The zero-order valence-electron chi connectivity index (χ0n) is 12.3. The molecule has 0 aliphatic heterocycles. The lowest BCUT2D eigenvalue weighted by molar-refractivity contribution is -0.137. The number of hydrogen-bond acceptors (Lipinski definition) is 3. The molecule has 0 fully saturated rings. The molecule has 0 atom stereocenters. The predicted molar refractivity (Wildman–Crippen MR) is 115 cm³/mol. The van der Waals surface area contributed by atoms with E-state index in [0.29, 0.717) is 11.3 Å². The highest BCUT2D eigenvalue weighted by Gasteiger charge is 2.05. The van der Waals surface area contributed by atoms with Gasteiger partial charge in [-0.3, -0.25) is 9.59 Å². The summed E-state index contributed by atoms with van der Waals surface area (Å²) < 4.78 is 2.74. The van der Waals surface area contributed by atoms with Crippen molar-refractivity contribution < 1.29 is 19.8 Å². The largest absolute Gasteiger partial charge is 0.481 e. The minimum Gasteiger partial charge on any atom is -0.481 e. The van der Waals surface area contributed by atoms with Crippen molar-refractivity contribution in [1.82, 2.24) is 0 Å². The first kappa shape index (κ1) is 23.9. The van der Waals surface area contributed by atoms with Crippen LogP contribution in [0.15, 0.2) is 45.3 Å². The summed E-state index contributed by atoms with van der Waals surface area (Å²) in [5, 5.41) is 17.1. The van der Waals surface area contributed by atoms with E-state index in [1.165, 1.54) is 0 Å². The van der Waals surface area contributed by atoms with Crippen LogP contribution in [0, 0.1) is 3.57 Å². The second-order valence-electron chi connectivity index (χ2n) is 4.72. The average Bonchev–Trinajstić information content (AvgIpc) is 2.46. The lowest BCUT2D eigenvalue weighted by Gasteiger charge is -2.02. The molecule has 0 unspecified atom stereocenters. The number of halogens is 3. The monoisotopic (exact) mass is 585 g/mol. The van der Waals surface area contributed by atoms with E-state index in [0.717, 1.165) is 18.1 Å². The molecule has 5 nitrogen and oxygen atoms in total. The SMILES string of the molecule is C.Nc1ccc(Br)cc1CC(=O)O.O=C(O)Cc1cc(Br)ccc1I. The summed E-state index contributed by atoms with van der Waals surface area (Å²) in [6.07, 6.45) is 0.0446. The van der Waals surface area contributed by atoms with Crippen LogP contribution in [0.2, 0.25) is 0 Å². The number of anilines is 1. The Kier molecular flexibility index (Phi) is 11.0. The molecular weight excluding hydrogens is 569 g/mol. The van der Waals surface area contributed by atoms with Gasteiger partial charge in [-0.1, -0.05) is 39.3 Å². The van der Waals surface area contributed by atoms with Crippen LogP contribution in [0.4, 0.5) is 5.69 Å². The van der Waals surface area contributed by atoms with Gasteiger partial charge in [0.2, 0.25) is 0 Å². The van der Waals surface area contributed by atoms with Crippen LogP contribution < -0.4 is 5.73 Å². The van der Waals surface area contributed by atoms with Crippen LogP contribution in [-0.2, 0) is 22.4 Å². The number of carbonyl (C=O) groups is 2. The number of nitrogens with two attached hydrogens (primary N) is 1. The van der Waals surface area contributed by atoms with Gasteiger partial charge in [0.1, 0.15) is 0 Å². The molecule has 0 saturated carbocycles. The minimum atomic E-state index is -0.875. The molecule has 0 saturated heterocycles. The second kappa shape index (κ2) is 11.5. The molecule has 2 rings (SSSR count). The van der Waals surface area contributed by atoms with Gasteiger partial charge in [0.15, 0.2) is 0 Å². The van der Waals surface area contributed by atoms with Crippen molar-refractivity contribution in [1.29, 1.82) is 0 Å². The highest BCUT2D eigenvalue weighted by Crippen LogP contribution is 2.19. The van der Waals surface area contributed by atoms with E-state index in [2.05, 4.69) is 54.5 Å². The topological polar surface area (TPSA) is 101 Å². The maximum absolute atomic E-state index is 10.4. The van der Waals surface area contributed by atoms with E-state index in [4.69, 9.17) is 15.9 Å². The molecule has 0 aliphatic rings. The van der Waals surface area contributed by atoms with Crippen molar-refractivity contribution in [2.45, 2.75) is 20.3 Å². The first-order valence-electron chi connectivity index (χ1n) is 6.60. The first-order valence-corrected chi connectivity index (χ1v) is 9.27. The lowest BCUT2D eigenvalue weighted by atomic mass is 10.1. The Labute approximate surface area is 177 Å². The molecule has 136 valence electrons. The van der Waals surface area contributed by atoms with Crippen molar-refractivity contribution in [3.05, 3.63) is 60.0 Å². The molecule has 4 N–H and O–H groups in total. The van der Waals surface area contributed by atoms with Gasteiger partial charge < -0.3 is 15.9 Å². The Hall–Kier alpha value is -1.13. The van der Waals surface area contributed by atoms with E-state index < -0.39 is 11.9 Å². The van der Waals surface area contributed by atoms with Crippen LogP contribution in [0.5, 0.6) is 0 Å². The molecule has 0 bridgehead atoms. The number of hydrogen-bond donors (Lipinski definition) is 3. The van der Waals surface area contributed by atoms with Gasteiger partial charge in [-0.15, -0.1) is 0 Å². The van der Waals surface area contributed by atoms with Crippen molar-refractivity contribution >= 4 is 72.1 Å². The molecule has 25 heavy (non-hydrogen) atoms. The third-order valence-corrected chi connectivity index (χ3v) is 4.84. The molecule has 0 aliphatic carbocycles. The third-order valence-electron chi connectivity index (χ3n) is 2.80. The van der Waals surface area contributed by atoms with Gasteiger partial charge in [-0.25, -0.2) is 0 Å². The maximum atomic E-state index is 10.4. The highest BCUT2D eigenvalue weighted by molar-refractivity contribution is 14.1. The van der Waals surface area contributed by atoms with Crippen molar-refractivity contribution in [2.75, 3.05) is 5.73 Å². The minimum absolute atomic E-state index is 0. The van der Waals surface area contributed by atoms with Gasteiger partial charge in [0, 0.05) is 18.2 Å². The average molecular weight is 587 g/mol. The predicted octanol–water partition coefficient (Wildman–Crippen LogP) is 4.98. The molecular formula is C17H18Br2INO4. The van der Waals surface area contributed by atoms with Crippen LogP contribution in [0.1, 0.15) is 18.6 Å². The Morgan fingerprint density at radius 2 is 1.36 bits per heavy atom. The number of carboxylic acid groups (broad SMARTS) is 2. The molecule has 0 aromatic heterocycles. The van der Waals surface area contributed by atoms with Crippen LogP contribution >= 0.6 is 54.5 Å². The summed E-state index contributed by atoms with van der Waals surface area (Å²) >= 11 is 8.65. The number of carboxylic acids is 2. The highest BCUT2D eigenvalue weighted by atomic mass is 127. The van der Waals surface area contributed by atoms with Crippen molar-refractivity contribution in [3.8, 4) is 0 Å². The fourth-order valence-electron chi connectivity index (χ4n) is 1.73. The summed E-state index contributed by atoms with van der Waals surface area (Å²) in [6.45, 7) is 0. The van der Waals surface area contributed by atoms with Gasteiger partial charge in [0.25, 0.3) is 0 Å². The first-order chi connectivity index (χ1) is 11.2. The molecule has 0 radical (unpaired) electrons. The van der Waals surface area contributed by atoms with E-state index in [9.17, 15) is 9.59 Å². The van der Waals surface area contributed by atoms with Crippen LogP contribution in [0.25, 0.3) is 0 Å². The van der Waals surface area contributed by atoms with Crippen molar-refractivity contribution in [3.63, 3.8) is 0 Å². The molecule has 2 aromatic carbocycles. The number of nitrogen functional groups attached to an aromatic ring is 1. The zero-order chi connectivity index (χ0) is 18.3. The normalized spacial score (nSPS) is 9.40. The Balaban J connectivity index is 0.000000443. The van der Waals surface area contributed by atoms with Crippen LogP contribution in [-0.4, -0.2) is 22.2 Å². The summed E-state index contributed by atoms with van der Waals surface area (Å²) in [5.41, 5.74) is 7.55. The number of benzene rings is 2. The second-order valence-corrected chi connectivity index (χ2v) is 7.71. The fraction of sp³-hybridized carbons (Fsp3) is 0.176. The fourth-order valence-corrected chi connectivity index (χ4v) is 3.08. The molecule has 2 aromatic rings. The number of rotatable bonds is 4. The zero-order valence-corrected chi connectivity index (χ0v) is 17.6. The summed E-state index contributed by atoms with van der Waals surface area (Å²) in [5.74, 6) is -1.68. The van der Waals surface area contributed by atoms with E-state index in [1.807, 2.05) is 18.2 Å². The standard InChI is InChI=1S/C8H6BrIO2.C8H8BrNO2.CH4/c2*9-6-1-2-7(10)5(3-6)4-8(11)12;/h1-3H,4H2,(H,11,12);1-3H,4,10H2,(H,11,12);1H4. The smallest absolute Gasteiger partial charge is 0.307 e. The quantitative estimate of drug-likeness (QED) is 0.347. The maximum Gasteiger partial charge on any atom is 0.307 e. The third kappa shape index (κ3) is 9.22. The van der Waals surface area contributed by atoms with Gasteiger partial charge in [-0.2, -0.15) is 0 Å². The van der Waals surface area contributed by atoms with Gasteiger partial charge in [-0.05, 0) is 70.1 Å². The molecule has 0 spiro atoms. The van der Waals surface area contributed by atoms with E-state index in [-0.39, 0.29) is 20.3 Å². The lowest BCUT2D eigenvalue weighted by Crippen LogP contribution is -2.03. The summed E-state index contributed by atoms with van der Waals surface area (Å²) in [6, 6.07) is 10.8. The van der Waals surface area contributed by atoms with E-state index in [1.54, 1.807) is 18.2 Å². The van der Waals surface area contributed by atoms with Crippen LogP contribution in [0.3, 0.4) is 0 Å². The summed E-state index contributed by atoms with van der Waals surface area (Å²) in [4.78, 5) is 20.8. The summed E-state index contributed by atoms with van der Waals surface area (Å²) in [7, 11) is 0. The molecule has 8 heteroatoms. The van der Waals surface area contributed by atoms with Crippen molar-refractivity contribution in [2.24, 2.45) is 0 Å². The molecule has 0 heterocycles. The molecule has 0 amide bonds. The van der Waals surface area contributed by atoms with Gasteiger partial charge in [0.05, 0.1) is 12.8 Å². The van der Waals surface area contributed by atoms with E-state index >= 15 is 0 Å². The van der Waals surface area contributed by atoms with Gasteiger partial charge >= 0.3 is 11.9 Å². The Morgan fingerprint density at radius 1 is 0.920 bits per heavy atom. The number of aliphatic carboxylic acids is 2. The Bertz CT molecular complexity index is 690.